The average Bonchev–Trinajstić information content (AvgIpc) is 2.52. The molecule has 0 bridgehead atoms. The second kappa shape index (κ2) is 5.16. The van der Waals surface area contributed by atoms with Crippen molar-refractivity contribution in [3.05, 3.63) is 15.8 Å². The van der Waals surface area contributed by atoms with Crippen LogP contribution in [0.4, 0.5) is 11.5 Å². The minimum atomic E-state index is -0.437. The van der Waals surface area contributed by atoms with Crippen molar-refractivity contribution in [3.8, 4) is 12.3 Å². The lowest BCUT2D eigenvalue weighted by Crippen LogP contribution is -2.09. The lowest BCUT2D eigenvalue weighted by molar-refractivity contribution is -0.384. The molecule has 0 aliphatic heterocycles. The van der Waals surface area contributed by atoms with Crippen LogP contribution in [0.1, 0.15) is 19.0 Å². The van der Waals surface area contributed by atoms with Gasteiger partial charge in [-0.05, 0) is 13.3 Å². The van der Waals surface area contributed by atoms with Crippen LogP contribution in [0.5, 0.6) is 0 Å². The first kappa shape index (κ1) is 12.0. The van der Waals surface area contributed by atoms with Gasteiger partial charge < -0.3 is 5.32 Å². The van der Waals surface area contributed by atoms with Crippen LogP contribution in [-0.4, -0.2) is 21.2 Å². The SMILES string of the molecule is C#CCNc1c([N+](=O)[O-])c(C)nn1CCC. The average molecular weight is 222 g/mol. The van der Waals surface area contributed by atoms with Gasteiger partial charge in [0.2, 0.25) is 5.82 Å². The molecule has 0 aliphatic carbocycles. The molecule has 0 radical (unpaired) electrons. The highest BCUT2D eigenvalue weighted by molar-refractivity contribution is 5.59. The first-order chi connectivity index (χ1) is 7.61. The van der Waals surface area contributed by atoms with E-state index in [1.165, 1.54) is 0 Å². The van der Waals surface area contributed by atoms with Crippen LogP contribution in [-0.2, 0) is 6.54 Å². The number of nitrogens with one attached hydrogen (secondary N) is 1. The molecule has 0 fully saturated rings. The summed E-state index contributed by atoms with van der Waals surface area (Å²) in [4.78, 5) is 10.4. The van der Waals surface area contributed by atoms with Crippen LogP contribution in [0.15, 0.2) is 0 Å². The smallest absolute Gasteiger partial charge is 0.333 e. The molecule has 0 amide bonds. The molecule has 6 heteroatoms. The van der Waals surface area contributed by atoms with Gasteiger partial charge in [0.05, 0.1) is 11.5 Å². The summed E-state index contributed by atoms with van der Waals surface area (Å²) < 4.78 is 1.59. The fraction of sp³-hybridized carbons (Fsp3) is 0.500. The van der Waals surface area contributed by atoms with Crippen molar-refractivity contribution in [1.29, 1.82) is 0 Å². The topological polar surface area (TPSA) is 73.0 Å². The van der Waals surface area contributed by atoms with Gasteiger partial charge in [0.25, 0.3) is 0 Å². The number of anilines is 1. The Bertz CT molecular complexity index is 431. The molecule has 1 heterocycles. The summed E-state index contributed by atoms with van der Waals surface area (Å²) in [5.41, 5.74) is 0.404. The van der Waals surface area contributed by atoms with E-state index in [0.717, 1.165) is 6.42 Å². The lowest BCUT2D eigenvalue weighted by Gasteiger charge is -2.05. The van der Waals surface area contributed by atoms with E-state index in [1.54, 1.807) is 11.6 Å². The summed E-state index contributed by atoms with van der Waals surface area (Å²) in [5, 5.41) is 17.8. The fourth-order valence-electron chi connectivity index (χ4n) is 1.47. The third kappa shape index (κ3) is 2.31. The van der Waals surface area contributed by atoms with Crippen LogP contribution >= 0.6 is 0 Å². The van der Waals surface area contributed by atoms with Crippen molar-refractivity contribution in [1.82, 2.24) is 9.78 Å². The largest absolute Gasteiger partial charge is 0.354 e. The zero-order chi connectivity index (χ0) is 12.1. The van der Waals surface area contributed by atoms with Crippen LogP contribution in [0, 0.1) is 29.4 Å². The molecule has 6 nitrogen and oxygen atoms in total. The molecule has 0 spiro atoms. The number of rotatable bonds is 5. The van der Waals surface area contributed by atoms with E-state index in [2.05, 4.69) is 16.3 Å². The van der Waals surface area contributed by atoms with Gasteiger partial charge in [-0.15, -0.1) is 6.42 Å². The van der Waals surface area contributed by atoms with Gasteiger partial charge in [-0.2, -0.15) is 5.10 Å². The lowest BCUT2D eigenvalue weighted by atomic mass is 10.4. The summed E-state index contributed by atoms with van der Waals surface area (Å²) in [5.74, 6) is 2.78. The van der Waals surface area contributed by atoms with Gasteiger partial charge in [0.15, 0.2) is 0 Å². The minimum Gasteiger partial charge on any atom is -0.354 e. The van der Waals surface area contributed by atoms with Gasteiger partial charge in [0, 0.05) is 6.54 Å². The van der Waals surface area contributed by atoms with Gasteiger partial charge in [-0.1, -0.05) is 12.8 Å². The van der Waals surface area contributed by atoms with E-state index in [-0.39, 0.29) is 12.2 Å². The van der Waals surface area contributed by atoms with Crippen LogP contribution in [0.2, 0.25) is 0 Å². The second-order valence-corrected chi connectivity index (χ2v) is 3.32. The molecule has 86 valence electrons. The third-order valence-electron chi connectivity index (χ3n) is 2.07. The van der Waals surface area contributed by atoms with E-state index in [1.807, 2.05) is 6.92 Å². The normalized spacial score (nSPS) is 9.81. The van der Waals surface area contributed by atoms with Crippen molar-refractivity contribution < 1.29 is 4.92 Å². The highest BCUT2D eigenvalue weighted by atomic mass is 16.6. The molecule has 0 aliphatic rings. The number of nitrogens with zero attached hydrogens (tertiary/aromatic N) is 3. The maximum Gasteiger partial charge on any atom is 0.333 e. The zero-order valence-electron chi connectivity index (χ0n) is 9.36. The summed E-state index contributed by atoms with van der Waals surface area (Å²) in [6.45, 7) is 4.47. The summed E-state index contributed by atoms with van der Waals surface area (Å²) >= 11 is 0. The molecule has 1 N–H and O–H groups in total. The molecular weight excluding hydrogens is 208 g/mol. The zero-order valence-corrected chi connectivity index (χ0v) is 9.36. The Balaban J connectivity index is 3.15. The van der Waals surface area contributed by atoms with Crippen molar-refractivity contribution >= 4 is 11.5 Å². The number of hydrogen-bond acceptors (Lipinski definition) is 4. The van der Waals surface area contributed by atoms with Crippen molar-refractivity contribution in [3.63, 3.8) is 0 Å². The van der Waals surface area contributed by atoms with Crippen molar-refractivity contribution in [2.24, 2.45) is 0 Å². The van der Waals surface area contributed by atoms with Crippen LogP contribution in [0.3, 0.4) is 0 Å². The quantitative estimate of drug-likeness (QED) is 0.466. The summed E-state index contributed by atoms with van der Waals surface area (Å²) in [7, 11) is 0. The van der Waals surface area contributed by atoms with Gasteiger partial charge >= 0.3 is 5.69 Å². The number of terminal acetylenes is 1. The maximum absolute atomic E-state index is 10.9. The molecule has 1 aromatic rings. The van der Waals surface area contributed by atoms with E-state index >= 15 is 0 Å². The molecule has 0 unspecified atom stereocenters. The Hall–Kier alpha value is -2.03. The summed E-state index contributed by atoms with van der Waals surface area (Å²) in [6, 6.07) is 0. The van der Waals surface area contributed by atoms with E-state index in [0.29, 0.717) is 18.1 Å². The Morgan fingerprint density at radius 1 is 1.69 bits per heavy atom. The van der Waals surface area contributed by atoms with E-state index < -0.39 is 4.92 Å². The van der Waals surface area contributed by atoms with Crippen molar-refractivity contribution in [2.75, 3.05) is 11.9 Å². The monoisotopic (exact) mass is 222 g/mol. The third-order valence-corrected chi connectivity index (χ3v) is 2.07. The Morgan fingerprint density at radius 3 is 2.88 bits per heavy atom. The number of nitro groups is 1. The molecule has 16 heavy (non-hydrogen) atoms. The van der Waals surface area contributed by atoms with E-state index in [9.17, 15) is 10.1 Å². The number of aryl methyl sites for hydroxylation is 2. The Morgan fingerprint density at radius 2 is 2.38 bits per heavy atom. The van der Waals surface area contributed by atoms with Gasteiger partial charge in [0.1, 0.15) is 5.69 Å². The Labute approximate surface area is 93.8 Å². The number of aromatic nitrogens is 2. The van der Waals surface area contributed by atoms with Crippen LogP contribution in [0.25, 0.3) is 0 Å². The fourth-order valence-corrected chi connectivity index (χ4v) is 1.47. The molecule has 1 aromatic heterocycles. The predicted octanol–water partition coefficient (Wildman–Crippen LogP) is 1.55. The van der Waals surface area contributed by atoms with Crippen molar-refractivity contribution in [2.45, 2.75) is 26.8 Å². The molecule has 0 aromatic carbocycles. The minimum absolute atomic E-state index is 0.00343. The van der Waals surface area contributed by atoms with E-state index in [4.69, 9.17) is 6.42 Å². The molecule has 0 saturated carbocycles. The molecular formula is C10H14N4O2. The van der Waals surface area contributed by atoms with Crippen LogP contribution < -0.4 is 5.32 Å². The first-order valence-electron chi connectivity index (χ1n) is 5.01. The van der Waals surface area contributed by atoms with Gasteiger partial charge in [-0.25, -0.2) is 4.68 Å². The highest BCUT2D eigenvalue weighted by Crippen LogP contribution is 2.27. The van der Waals surface area contributed by atoms with Gasteiger partial charge in [-0.3, -0.25) is 10.1 Å². The standard InChI is InChI=1S/C10H14N4O2/c1-4-6-11-10-9(14(15)16)8(3)12-13(10)7-5-2/h1,11H,5-7H2,2-3H3. The Kier molecular flexibility index (Phi) is 3.89. The first-order valence-corrected chi connectivity index (χ1v) is 5.01. The molecule has 0 saturated heterocycles. The second-order valence-electron chi connectivity index (χ2n) is 3.32. The predicted molar refractivity (Wildman–Crippen MR) is 61.2 cm³/mol. The summed E-state index contributed by atoms with van der Waals surface area (Å²) in [6.07, 6.45) is 5.97. The molecule has 0 atom stereocenters. The molecule has 1 rings (SSSR count). The highest BCUT2D eigenvalue weighted by Gasteiger charge is 2.24. The number of hydrogen-bond donors (Lipinski definition) is 1. The maximum atomic E-state index is 10.9.